The second kappa shape index (κ2) is 8.98. The number of pyridine rings is 1. The number of hydrogen-bond acceptors (Lipinski definition) is 3. The van der Waals surface area contributed by atoms with Crippen molar-refractivity contribution in [2.75, 3.05) is 4.72 Å². The number of nitrogens with one attached hydrogen (secondary N) is 2. The standard InChI is InChI=1S/C25H21F3N2O3S/c1-2-16-4-3-5-19(13-16)30-34(32,33)20-9-6-17(7-10-20)12-18-8-11-23-21(14-18)22(25(26,27)28)15-24(31)29-23/h3-11,13-15,30H,2,12H2,1H3,(H,29,31). The van der Waals surface area contributed by atoms with Crippen molar-refractivity contribution >= 4 is 26.6 Å². The van der Waals surface area contributed by atoms with Crippen LogP contribution in [0.5, 0.6) is 0 Å². The molecule has 0 amide bonds. The van der Waals surface area contributed by atoms with Crippen LogP contribution in [-0.4, -0.2) is 13.4 Å². The van der Waals surface area contributed by atoms with Crippen LogP contribution < -0.4 is 10.3 Å². The molecule has 0 aliphatic heterocycles. The Bertz CT molecular complexity index is 1510. The summed E-state index contributed by atoms with van der Waals surface area (Å²) < 4.78 is 68.2. The van der Waals surface area contributed by atoms with E-state index in [4.69, 9.17) is 0 Å². The van der Waals surface area contributed by atoms with Gasteiger partial charge in [0.15, 0.2) is 0 Å². The molecule has 5 nitrogen and oxygen atoms in total. The van der Waals surface area contributed by atoms with Crippen LogP contribution in [0.25, 0.3) is 10.9 Å². The van der Waals surface area contributed by atoms with Crippen molar-refractivity contribution in [1.29, 1.82) is 0 Å². The molecule has 176 valence electrons. The van der Waals surface area contributed by atoms with Crippen molar-refractivity contribution in [2.45, 2.75) is 30.8 Å². The number of aromatic nitrogens is 1. The number of hydrogen-bond donors (Lipinski definition) is 2. The first-order chi connectivity index (χ1) is 16.0. The van der Waals surface area contributed by atoms with Gasteiger partial charge >= 0.3 is 6.18 Å². The molecule has 0 spiro atoms. The molecule has 3 aromatic carbocycles. The van der Waals surface area contributed by atoms with Crippen molar-refractivity contribution in [3.8, 4) is 0 Å². The largest absolute Gasteiger partial charge is 0.417 e. The fourth-order valence-corrected chi connectivity index (χ4v) is 4.79. The highest BCUT2D eigenvalue weighted by Gasteiger charge is 2.33. The first-order valence-electron chi connectivity index (χ1n) is 10.5. The number of rotatable bonds is 6. The maximum atomic E-state index is 13.4. The highest BCUT2D eigenvalue weighted by atomic mass is 32.2. The monoisotopic (exact) mass is 486 g/mol. The molecule has 0 bridgehead atoms. The number of H-pyrrole nitrogens is 1. The molecule has 0 saturated heterocycles. The molecule has 0 radical (unpaired) electrons. The summed E-state index contributed by atoms with van der Waals surface area (Å²) >= 11 is 0. The number of aromatic amines is 1. The van der Waals surface area contributed by atoms with Crippen LogP contribution in [0.3, 0.4) is 0 Å². The molecular formula is C25H21F3N2O3S. The Kier molecular flexibility index (Phi) is 6.22. The van der Waals surface area contributed by atoms with Crippen molar-refractivity contribution < 1.29 is 21.6 Å². The summed E-state index contributed by atoms with van der Waals surface area (Å²) in [6.07, 6.45) is -3.59. The zero-order valence-electron chi connectivity index (χ0n) is 18.1. The second-order valence-electron chi connectivity index (χ2n) is 7.91. The zero-order chi connectivity index (χ0) is 24.5. The summed E-state index contributed by atoms with van der Waals surface area (Å²) in [5.41, 5.74) is 1.08. The summed E-state index contributed by atoms with van der Waals surface area (Å²) in [5, 5.41) is -0.0951. The fraction of sp³-hybridized carbons (Fsp3) is 0.160. The lowest BCUT2D eigenvalue weighted by Gasteiger charge is -2.12. The van der Waals surface area contributed by atoms with Crippen LogP contribution in [0, 0.1) is 0 Å². The van der Waals surface area contributed by atoms with Gasteiger partial charge in [-0.3, -0.25) is 9.52 Å². The van der Waals surface area contributed by atoms with Crippen LogP contribution in [0.2, 0.25) is 0 Å². The zero-order valence-corrected chi connectivity index (χ0v) is 18.9. The van der Waals surface area contributed by atoms with E-state index in [2.05, 4.69) is 9.71 Å². The van der Waals surface area contributed by atoms with E-state index in [0.29, 0.717) is 23.7 Å². The van der Waals surface area contributed by atoms with Crippen molar-refractivity contribution in [2.24, 2.45) is 0 Å². The molecule has 34 heavy (non-hydrogen) atoms. The summed E-state index contributed by atoms with van der Waals surface area (Å²) in [5.74, 6) is 0. The number of anilines is 1. The van der Waals surface area contributed by atoms with Crippen LogP contribution in [0.4, 0.5) is 18.9 Å². The number of alkyl halides is 3. The van der Waals surface area contributed by atoms with Gasteiger partial charge in [-0.1, -0.05) is 37.3 Å². The lowest BCUT2D eigenvalue weighted by Crippen LogP contribution is -2.14. The predicted molar refractivity (Wildman–Crippen MR) is 125 cm³/mol. The number of benzene rings is 3. The van der Waals surface area contributed by atoms with E-state index in [-0.39, 0.29) is 15.8 Å². The molecule has 1 heterocycles. The average molecular weight is 487 g/mol. The molecule has 0 atom stereocenters. The summed E-state index contributed by atoms with van der Waals surface area (Å²) in [4.78, 5) is 14.1. The number of aryl methyl sites for hydroxylation is 1. The van der Waals surface area contributed by atoms with E-state index >= 15 is 0 Å². The molecule has 0 fully saturated rings. The third-order valence-electron chi connectivity index (χ3n) is 5.44. The van der Waals surface area contributed by atoms with Gasteiger partial charge in [0.2, 0.25) is 5.56 Å². The topological polar surface area (TPSA) is 79.0 Å². The van der Waals surface area contributed by atoms with E-state index in [1.54, 1.807) is 36.4 Å². The van der Waals surface area contributed by atoms with Crippen molar-refractivity contribution in [1.82, 2.24) is 4.98 Å². The molecular weight excluding hydrogens is 465 g/mol. The number of fused-ring (bicyclic) bond motifs is 1. The van der Waals surface area contributed by atoms with Crippen LogP contribution in [0.15, 0.2) is 82.5 Å². The lowest BCUT2D eigenvalue weighted by molar-refractivity contribution is -0.136. The second-order valence-corrected chi connectivity index (χ2v) is 9.59. The Labute approximate surface area is 194 Å². The molecule has 0 unspecified atom stereocenters. The molecule has 0 aliphatic rings. The van der Waals surface area contributed by atoms with Gasteiger partial charge in [0.1, 0.15) is 0 Å². The molecule has 0 aliphatic carbocycles. The maximum Gasteiger partial charge on any atom is 0.417 e. The molecule has 1 aromatic heterocycles. The van der Waals surface area contributed by atoms with Crippen molar-refractivity contribution in [3.63, 3.8) is 0 Å². The third-order valence-corrected chi connectivity index (χ3v) is 6.84. The number of sulfonamides is 1. The minimum Gasteiger partial charge on any atom is -0.322 e. The van der Waals surface area contributed by atoms with E-state index in [1.807, 2.05) is 13.0 Å². The van der Waals surface area contributed by atoms with Gasteiger partial charge < -0.3 is 4.98 Å². The van der Waals surface area contributed by atoms with Crippen LogP contribution >= 0.6 is 0 Å². The molecule has 0 saturated carbocycles. The summed E-state index contributed by atoms with van der Waals surface area (Å²) in [6.45, 7) is 1.98. The quantitative estimate of drug-likeness (QED) is 0.378. The highest BCUT2D eigenvalue weighted by molar-refractivity contribution is 7.92. The Hall–Kier alpha value is -3.59. The van der Waals surface area contributed by atoms with Gasteiger partial charge in [0, 0.05) is 22.7 Å². The van der Waals surface area contributed by atoms with Crippen molar-refractivity contribution in [3.05, 3.63) is 105 Å². The minimum absolute atomic E-state index is 0.0774. The van der Waals surface area contributed by atoms with Gasteiger partial charge in [-0.15, -0.1) is 0 Å². The van der Waals surface area contributed by atoms with E-state index in [0.717, 1.165) is 17.5 Å². The summed E-state index contributed by atoms with van der Waals surface area (Å²) in [7, 11) is -3.79. The molecule has 4 aromatic rings. The minimum atomic E-state index is -4.66. The maximum absolute atomic E-state index is 13.4. The molecule has 2 N–H and O–H groups in total. The Morgan fingerprint density at radius 1 is 0.882 bits per heavy atom. The van der Waals surface area contributed by atoms with E-state index in [1.165, 1.54) is 24.3 Å². The first-order valence-corrected chi connectivity index (χ1v) is 12.0. The van der Waals surface area contributed by atoms with Gasteiger partial charge in [-0.2, -0.15) is 13.2 Å². The SMILES string of the molecule is CCc1cccc(NS(=O)(=O)c2ccc(Cc3ccc4[nH]c(=O)cc(C(F)(F)F)c4c3)cc2)c1. The van der Waals surface area contributed by atoms with Gasteiger partial charge in [-0.05, 0) is 65.9 Å². The van der Waals surface area contributed by atoms with Gasteiger partial charge in [0.05, 0.1) is 10.5 Å². The predicted octanol–water partition coefficient (Wildman–Crippen LogP) is 5.50. The smallest absolute Gasteiger partial charge is 0.322 e. The third kappa shape index (κ3) is 5.14. The Morgan fingerprint density at radius 2 is 1.59 bits per heavy atom. The van der Waals surface area contributed by atoms with Gasteiger partial charge in [0.25, 0.3) is 10.0 Å². The van der Waals surface area contributed by atoms with Gasteiger partial charge in [-0.25, -0.2) is 8.42 Å². The Balaban J connectivity index is 1.58. The fourth-order valence-electron chi connectivity index (χ4n) is 3.74. The first kappa shape index (κ1) is 23.6. The highest BCUT2D eigenvalue weighted by Crippen LogP contribution is 2.33. The van der Waals surface area contributed by atoms with Crippen LogP contribution in [0.1, 0.15) is 29.2 Å². The van der Waals surface area contributed by atoms with Crippen LogP contribution in [-0.2, 0) is 29.0 Å². The van der Waals surface area contributed by atoms with E-state index in [9.17, 15) is 26.4 Å². The molecule has 9 heteroatoms. The Morgan fingerprint density at radius 3 is 2.26 bits per heavy atom. The normalized spacial score (nSPS) is 12.1. The lowest BCUT2D eigenvalue weighted by atomic mass is 10.0. The number of halogens is 3. The summed E-state index contributed by atoms with van der Waals surface area (Å²) in [6, 6.07) is 18.3. The molecule has 4 rings (SSSR count). The average Bonchev–Trinajstić information content (AvgIpc) is 2.78. The van der Waals surface area contributed by atoms with E-state index < -0.39 is 27.3 Å².